The van der Waals surface area contributed by atoms with Crippen LogP contribution in [0, 0.1) is 0 Å². The summed E-state index contributed by atoms with van der Waals surface area (Å²) in [6.07, 6.45) is 4.04. The zero-order valence-electron chi connectivity index (χ0n) is 14.5. The van der Waals surface area contributed by atoms with Gasteiger partial charge in [0.15, 0.2) is 16.9 Å². The van der Waals surface area contributed by atoms with E-state index in [0.717, 1.165) is 36.1 Å². The largest absolute Gasteiger partial charge is 0.504 e. The first kappa shape index (κ1) is 17.1. The third kappa shape index (κ3) is 2.88. The van der Waals surface area contributed by atoms with Crippen LogP contribution in [-0.2, 0) is 11.2 Å². The number of aromatic hydroxyl groups is 1. The van der Waals surface area contributed by atoms with Crippen molar-refractivity contribution in [3.05, 3.63) is 45.7 Å². The highest BCUT2D eigenvalue weighted by molar-refractivity contribution is 5.89. The van der Waals surface area contributed by atoms with Gasteiger partial charge in [0.2, 0.25) is 0 Å². The van der Waals surface area contributed by atoms with Gasteiger partial charge in [-0.15, -0.1) is 0 Å². The molecule has 2 heterocycles. The number of hydrogen-bond donors (Lipinski definition) is 1. The van der Waals surface area contributed by atoms with Gasteiger partial charge < -0.3 is 19.1 Å². The van der Waals surface area contributed by atoms with Gasteiger partial charge in [-0.3, -0.25) is 4.79 Å². The Morgan fingerprint density at radius 2 is 2.08 bits per heavy atom. The molecule has 6 heteroatoms. The molecule has 1 aliphatic heterocycles. The van der Waals surface area contributed by atoms with Gasteiger partial charge in [-0.2, -0.15) is 0 Å². The van der Waals surface area contributed by atoms with Gasteiger partial charge in [-0.1, -0.05) is 6.92 Å². The molecule has 0 aliphatic carbocycles. The van der Waals surface area contributed by atoms with E-state index < -0.39 is 5.97 Å². The molecule has 1 N–H and O–H groups in total. The monoisotopic (exact) mass is 343 g/mol. The molecule has 0 saturated heterocycles. The van der Waals surface area contributed by atoms with Crippen LogP contribution in [-0.4, -0.2) is 29.9 Å². The number of aromatic nitrogens is 1. The molecular formula is C19H21NO5. The van der Waals surface area contributed by atoms with Crippen molar-refractivity contribution in [2.75, 3.05) is 14.2 Å². The lowest BCUT2D eigenvalue weighted by Crippen LogP contribution is -2.21. The molecule has 1 atom stereocenters. The molecule has 2 aromatic rings. The Kier molecular flexibility index (Phi) is 4.53. The van der Waals surface area contributed by atoms with E-state index in [1.54, 1.807) is 18.3 Å². The Morgan fingerprint density at radius 3 is 2.72 bits per heavy atom. The SMILES string of the molecule is CCC1CCc2cc(O)c(OC)cc2-c2cc(=O)c(C(=O)OC)cn21. The number of hydrogen-bond acceptors (Lipinski definition) is 5. The van der Waals surface area contributed by atoms with Crippen molar-refractivity contribution in [2.24, 2.45) is 0 Å². The van der Waals surface area contributed by atoms with Gasteiger partial charge in [0, 0.05) is 23.9 Å². The predicted octanol–water partition coefficient (Wildman–Crippen LogP) is 2.91. The summed E-state index contributed by atoms with van der Waals surface area (Å²) < 4.78 is 11.9. The first-order valence-electron chi connectivity index (χ1n) is 8.24. The molecule has 25 heavy (non-hydrogen) atoms. The molecular weight excluding hydrogens is 322 g/mol. The number of carbonyl (C=O) groups excluding carboxylic acids is 1. The van der Waals surface area contributed by atoms with E-state index in [2.05, 4.69) is 6.92 Å². The van der Waals surface area contributed by atoms with Gasteiger partial charge in [0.25, 0.3) is 0 Å². The van der Waals surface area contributed by atoms with Crippen molar-refractivity contribution < 1.29 is 19.4 Å². The normalized spacial score (nSPS) is 15.7. The number of pyridine rings is 1. The van der Waals surface area contributed by atoms with Crippen LogP contribution in [0.25, 0.3) is 11.3 Å². The third-order valence-corrected chi connectivity index (χ3v) is 4.78. The van der Waals surface area contributed by atoms with E-state index in [9.17, 15) is 14.7 Å². The van der Waals surface area contributed by atoms with E-state index in [1.807, 2.05) is 4.57 Å². The molecule has 0 bridgehead atoms. The summed E-state index contributed by atoms with van der Waals surface area (Å²) in [4.78, 5) is 24.3. The molecule has 132 valence electrons. The molecule has 1 aromatic heterocycles. The molecule has 1 unspecified atom stereocenters. The van der Waals surface area contributed by atoms with E-state index in [1.165, 1.54) is 20.3 Å². The maximum absolute atomic E-state index is 12.4. The number of ether oxygens (including phenoxy) is 2. The maximum atomic E-state index is 12.4. The van der Waals surface area contributed by atoms with Gasteiger partial charge >= 0.3 is 5.97 Å². The van der Waals surface area contributed by atoms with Crippen molar-refractivity contribution in [3.8, 4) is 22.8 Å². The Bertz CT molecular complexity index is 884. The molecule has 0 fully saturated rings. The number of aryl methyl sites for hydroxylation is 1. The van der Waals surface area contributed by atoms with Crippen LogP contribution in [0.2, 0.25) is 0 Å². The summed E-state index contributed by atoms with van der Waals surface area (Å²) in [5.74, 6) is -0.205. The van der Waals surface area contributed by atoms with Crippen molar-refractivity contribution in [1.82, 2.24) is 4.57 Å². The number of phenolic OH excluding ortho intramolecular Hbond substituents is 1. The Labute approximate surface area is 145 Å². The van der Waals surface area contributed by atoms with Crippen LogP contribution in [0.1, 0.15) is 41.7 Å². The molecule has 1 aromatic carbocycles. The number of carbonyl (C=O) groups is 1. The van der Waals surface area contributed by atoms with Crippen molar-refractivity contribution in [1.29, 1.82) is 0 Å². The standard InChI is InChI=1S/C19H21NO5/c1-4-12-6-5-11-7-17(22)18(24-2)8-13(11)15-9-16(21)14(10-20(12)15)19(23)25-3/h7-10,12,22H,4-6H2,1-3H3. The molecule has 0 radical (unpaired) electrons. The minimum absolute atomic E-state index is 0.0268. The number of esters is 1. The molecule has 0 spiro atoms. The highest BCUT2D eigenvalue weighted by atomic mass is 16.5. The summed E-state index contributed by atoms with van der Waals surface area (Å²) in [5, 5.41) is 10.1. The van der Waals surface area contributed by atoms with Crippen LogP contribution in [0.3, 0.4) is 0 Å². The summed E-state index contributed by atoms with van der Waals surface area (Å²) in [7, 11) is 2.75. The summed E-state index contributed by atoms with van der Waals surface area (Å²) in [5.41, 5.74) is 2.15. The first-order chi connectivity index (χ1) is 12.0. The Hall–Kier alpha value is -2.76. The average molecular weight is 343 g/mol. The third-order valence-electron chi connectivity index (χ3n) is 4.78. The number of rotatable bonds is 3. The zero-order chi connectivity index (χ0) is 18.1. The second-order valence-electron chi connectivity index (χ2n) is 6.12. The number of fused-ring (bicyclic) bond motifs is 3. The smallest absolute Gasteiger partial charge is 0.343 e. The predicted molar refractivity (Wildman–Crippen MR) is 93.3 cm³/mol. The highest BCUT2D eigenvalue weighted by Crippen LogP contribution is 2.39. The van der Waals surface area contributed by atoms with Crippen LogP contribution < -0.4 is 10.2 Å². The first-order valence-corrected chi connectivity index (χ1v) is 8.24. The van der Waals surface area contributed by atoms with Gasteiger partial charge in [-0.05, 0) is 37.0 Å². The number of nitrogens with zero attached hydrogens (tertiary/aromatic N) is 1. The summed E-state index contributed by atoms with van der Waals surface area (Å²) >= 11 is 0. The van der Waals surface area contributed by atoms with Gasteiger partial charge in [-0.25, -0.2) is 4.79 Å². The average Bonchev–Trinajstić information content (AvgIpc) is 2.75. The summed E-state index contributed by atoms with van der Waals surface area (Å²) in [6.45, 7) is 2.07. The molecule has 6 nitrogen and oxygen atoms in total. The molecule has 3 rings (SSSR count). The Morgan fingerprint density at radius 1 is 1.32 bits per heavy atom. The molecule has 1 aliphatic rings. The number of benzene rings is 1. The second-order valence-corrected chi connectivity index (χ2v) is 6.12. The van der Waals surface area contributed by atoms with Crippen molar-refractivity contribution in [2.45, 2.75) is 32.2 Å². The van der Waals surface area contributed by atoms with Gasteiger partial charge in [0.1, 0.15) is 5.56 Å². The van der Waals surface area contributed by atoms with Crippen LogP contribution in [0.15, 0.2) is 29.2 Å². The van der Waals surface area contributed by atoms with E-state index in [-0.39, 0.29) is 22.8 Å². The van der Waals surface area contributed by atoms with Crippen molar-refractivity contribution in [3.63, 3.8) is 0 Å². The van der Waals surface area contributed by atoms with Crippen LogP contribution in [0.5, 0.6) is 11.5 Å². The fraction of sp³-hybridized carbons (Fsp3) is 0.368. The zero-order valence-corrected chi connectivity index (χ0v) is 14.5. The number of phenols is 1. The van der Waals surface area contributed by atoms with E-state index >= 15 is 0 Å². The highest BCUT2D eigenvalue weighted by Gasteiger charge is 2.24. The quantitative estimate of drug-likeness (QED) is 0.867. The summed E-state index contributed by atoms with van der Waals surface area (Å²) in [6, 6.07) is 5.04. The van der Waals surface area contributed by atoms with E-state index in [4.69, 9.17) is 9.47 Å². The fourth-order valence-electron chi connectivity index (χ4n) is 3.41. The topological polar surface area (TPSA) is 77.8 Å². The lowest BCUT2D eigenvalue weighted by molar-refractivity contribution is 0.0598. The Balaban J connectivity index is 2.30. The maximum Gasteiger partial charge on any atom is 0.343 e. The van der Waals surface area contributed by atoms with Crippen LogP contribution >= 0.6 is 0 Å². The molecule has 0 saturated carbocycles. The minimum atomic E-state index is -0.636. The minimum Gasteiger partial charge on any atom is -0.504 e. The second kappa shape index (κ2) is 6.63. The van der Waals surface area contributed by atoms with Gasteiger partial charge in [0.05, 0.1) is 19.9 Å². The lowest BCUT2D eigenvalue weighted by Gasteiger charge is -2.21. The van der Waals surface area contributed by atoms with E-state index in [0.29, 0.717) is 5.75 Å². The lowest BCUT2D eigenvalue weighted by atomic mass is 9.99. The fourth-order valence-corrected chi connectivity index (χ4v) is 3.41. The van der Waals surface area contributed by atoms with Crippen LogP contribution in [0.4, 0.5) is 0 Å². The van der Waals surface area contributed by atoms with Crippen molar-refractivity contribution >= 4 is 5.97 Å². The molecule has 0 amide bonds. The number of methoxy groups -OCH3 is 2.